The van der Waals surface area contributed by atoms with Crippen LogP contribution in [0.3, 0.4) is 0 Å². The minimum absolute atomic E-state index is 0.182. The number of benzene rings is 1. The van der Waals surface area contributed by atoms with Crippen molar-refractivity contribution in [3.63, 3.8) is 0 Å². The fourth-order valence-electron chi connectivity index (χ4n) is 1.54. The summed E-state index contributed by atoms with van der Waals surface area (Å²) in [6.07, 6.45) is 1.96. The molecule has 0 radical (unpaired) electrons. The highest BCUT2D eigenvalue weighted by atomic mass is 16.5. The topological polar surface area (TPSA) is 68.4 Å². The number of hydrogen-bond donors (Lipinski definition) is 1. The van der Waals surface area contributed by atoms with E-state index in [-0.39, 0.29) is 23.5 Å². The van der Waals surface area contributed by atoms with Gasteiger partial charge in [-0.15, -0.1) is 0 Å². The van der Waals surface area contributed by atoms with E-state index in [9.17, 15) is 9.59 Å². The maximum atomic E-state index is 11.6. The van der Waals surface area contributed by atoms with Crippen LogP contribution in [0.1, 0.15) is 16.1 Å². The van der Waals surface area contributed by atoms with E-state index in [2.05, 4.69) is 4.98 Å². The van der Waals surface area contributed by atoms with E-state index in [0.717, 1.165) is 11.3 Å². The van der Waals surface area contributed by atoms with Crippen LogP contribution in [0.5, 0.6) is 11.5 Å². The van der Waals surface area contributed by atoms with Gasteiger partial charge in [0.25, 0.3) is 0 Å². The van der Waals surface area contributed by atoms with Gasteiger partial charge in [0.1, 0.15) is 12.4 Å². The molecule has 2 rings (SSSR count). The number of aromatic amines is 1. The van der Waals surface area contributed by atoms with Crippen molar-refractivity contribution in [3.05, 3.63) is 58.0 Å². The number of nitrogens with one attached hydrogen (secondary N) is 1. The first-order valence-corrected chi connectivity index (χ1v) is 5.66. The summed E-state index contributed by atoms with van der Waals surface area (Å²) in [6, 6.07) is 8.55. The molecule has 0 saturated carbocycles. The number of carbonyl (C=O) groups excluding carboxylic acids is 1. The summed E-state index contributed by atoms with van der Waals surface area (Å²) in [6.45, 7) is 0.271. The van der Waals surface area contributed by atoms with Crippen LogP contribution in [-0.2, 0) is 6.61 Å². The van der Waals surface area contributed by atoms with Gasteiger partial charge >= 0.3 is 0 Å². The summed E-state index contributed by atoms with van der Waals surface area (Å²) in [4.78, 5) is 24.8. The highest BCUT2D eigenvalue weighted by Crippen LogP contribution is 2.12. The van der Waals surface area contributed by atoms with E-state index in [4.69, 9.17) is 9.47 Å². The lowest BCUT2D eigenvalue weighted by atomic mass is 10.2. The van der Waals surface area contributed by atoms with Crippen LogP contribution in [0.2, 0.25) is 0 Å². The number of hydrogen-bond acceptors (Lipinski definition) is 4. The summed E-state index contributed by atoms with van der Waals surface area (Å²) in [5.41, 5.74) is 0.816. The highest BCUT2D eigenvalue weighted by Gasteiger charge is 2.02. The molecule has 0 bridgehead atoms. The Labute approximate surface area is 109 Å². The monoisotopic (exact) mass is 259 g/mol. The molecule has 1 heterocycles. The van der Waals surface area contributed by atoms with Crippen molar-refractivity contribution in [3.8, 4) is 11.5 Å². The van der Waals surface area contributed by atoms with Gasteiger partial charge in [-0.05, 0) is 17.7 Å². The van der Waals surface area contributed by atoms with Crippen LogP contribution in [-0.4, -0.2) is 18.4 Å². The Morgan fingerprint density at radius 1 is 1.26 bits per heavy atom. The SMILES string of the molecule is COc1ccc(COc2c[nH]c(C=O)cc2=O)cc1. The third-order valence-electron chi connectivity index (χ3n) is 2.58. The molecular weight excluding hydrogens is 246 g/mol. The zero-order valence-corrected chi connectivity index (χ0v) is 10.4. The molecule has 0 saturated heterocycles. The van der Waals surface area contributed by atoms with Gasteiger partial charge in [-0.3, -0.25) is 9.59 Å². The van der Waals surface area contributed by atoms with E-state index < -0.39 is 0 Å². The Morgan fingerprint density at radius 2 is 2.00 bits per heavy atom. The van der Waals surface area contributed by atoms with Gasteiger partial charge < -0.3 is 14.5 Å². The molecule has 1 aromatic heterocycles. The van der Waals surface area contributed by atoms with Crippen molar-refractivity contribution >= 4 is 6.29 Å². The number of ether oxygens (including phenoxy) is 2. The average molecular weight is 259 g/mol. The van der Waals surface area contributed by atoms with Crippen LogP contribution in [0.25, 0.3) is 0 Å². The smallest absolute Gasteiger partial charge is 0.224 e. The van der Waals surface area contributed by atoms with Crippen LogP contribution in [0.15, 0.2) is 41.3 Å². The lowest BCUT2D eigenvalue weighted by Gasteiger charge is -2.06. The standard InChI is InChI=1S/C14H13NO4/c1-18-12-4-2-10(3-5-12)9-19-14-7-15-11(8-16)6-13(14)17/h2-8H,9H2,1H3,(H,15,17). The first-order valence-electron chi connectivity index (χ1n) is 5.66. The predicted molar refractivity (Wildman–Crippen MR) is 69.8 cm³/mol. The first-order chi connectivity index (χ1) is 9.22. The van der Waals surface area contributed by atoms with Crippen LogP contribution in [0.4, 0.5) is 0 Å². The van der Waals surface area contributed by atoms with Crippen molar-refractivity contribution in [1.82, 2.24) is 4.98 Å². The Balaban J connectivity index is 2.05. The summed E-state index contributed by atoms with van der Waals surface area (Å²) >= 11 is 0. The number of carbonyl (C=O) groups is 1. The second-order valence-electron chi connectivity index (χ2n) is 3.87. The Hall–Kier alpha value is -2.56. The Morgan fingerprint density at radius 3 is 2.58 bits per heavy atom. The summed E-state index contributed by atoms with van der Waals surface area (Å²) in [5.74, 6) is 0.943. The molecule has 0 amide bonds. The molecule has 0 fully saturated rings. The Bertz CT molecular complexity index is 616. The Kier molecular flexibility index (Phi) is 3.97. The largest absolute Gasteiger partial charge is 0.497 e. The minimum atomic E-state index is -0.325. The maximum absolute atomic E-state index is 11.6. The fraction of sp³-hybridized carbons (Fsp3) is 0.143. The molecule has 19 heavy (non-hydrogen) atoms. The van der Waals surface area contributed by atoms with E-state index >= 15 is 0 Å². The van der Waals surface area contributed by atoms with Crippen molar-refractivity contribution in [1.29, 1.82) is 0 Å². The van der Waals surface area contributed by atoms with E-state index in [1.54, 1.807) is 7.11 Å². The third kappa shape index (κ3) is 3.22. The maximum Gasteiger partial charge on any atom is 0.224 e. The molecule has 1 aromatic carbocycles. The lowest BCUT2D eigenvalue weighted by molar-refractivity contribution is 0.111. The molecule has 2 aromatic rings. The molecule has 0 spiro atoms. The van der Waals surface area contributed by atoms with Crippen molar-refractivity contribution in [2.24, 2.45) is 0 Å². The fourth-order valence-corrected chi connectivity index (χ4v) is 1.54. The second-order valence-corrected chi connectivity index (χ2v) is 3.87. The predicted octanol–water partition coefficient (Wildman–Crippen LogP) is 1.77. The zero-order valence-electron chi connectivity index (χ0n) is 10.4. The lowest BCUT2D eigenvalue weighted by Crippen LogP contribution is -2.09. The van der Waals surface area contributed by atoms with Gasteiger partial charge in [0, 0.05) is 12.3 Å². The molecule has 1 N–H and O–H groups in total. The molecule has 0 aliphatic carbocycles. The van der Waals surface area contributed by atoms with E-state index in [0.29, 0.717) is 6.29 Å². The van der Waals surface area contributed by atoms with Crippen LogP contribution in [0, 0.1) is 0 Å². The number of aldehydes is 1. The quantitative estimate of drug-likeness (QED) is 0.831. The minimum Gasteiger partial charge on any atom is -0.497 e. The highest BCUT2D eigenvalue weighted by molar-refractivity contribution is 5.71. The van der Waals surface area contributed by atoms with Crippen molar-refractivity contribution < 1.29 is 14.3 Å². The molecular formula is C14H13NO4. The van der Waals surface area contributed by atoms with E-state index in [1.807, 2.05) is 24.3 Å². The normalized spacial score (nSPS) is 9.95. The zero-order chi connectivity index (χ0) is 13.7. The number of methoxy groups -OCH3 is 1. The molecule has 5 heteroatoms. The number of pyridine rings is 1. The van der Waals surface area contributed by atoms with E-state index in [1.165, 1.54) is 12.3 Å². The average Bonchev–Trinajstić information content (AvgIpc) is 2.46. The third-order valence-corrected chi connectivity index (χ3v) is 2.58. The molecule has 0 aliphatic heterocycles. The second kappa shape index (κ2) is 5.86. The van der Waals surface area contributed by atoms with Crippen LogP contribution >= 0.6 is 0 Å². The number of aromatic nitrogens is 1. The van der Waals surface area contributed by atoms with Gasteiger partial charge in [-0.25, -0.2) is 0 Å². The van der Waals surface area contributed by atoms with Gasteiger partial charge in [-0.1, -0.05) is 12.1 Å². The number of rotatable bonds is 5. The van der Waals surface area contributed by atoms with Crippen LogP contribution < -0.4 is 14.9 Å². The molecule has 0 atom stereocenters. The first kappa shape index (κ1) is 12.9. The molecule has 0 unspecified atom stereocenters. The van der Waals surface area contributed by atoms with Gasteiger partial charge in [-0.2, -0.15) is 0 Å². The van der Waals surface area contributed by atoms with Gasteiger partial charge in [0.2, 0.25) is 5.43 Å². The van der Waals surface area contributed by atoms with Gasteiger partial charge in [0.15, 0.2) is 12.0 Å². The molecule has 5 nitrogen and oxygen atoms in total. The summed E-state index contributed by atoms with van der Waals surface area (Å²) < 4.78 is 10.4. The molecule has 0 aliphatic rings. The molecule has 98 valence electrons. The number of H-pyrrole nitrogens is 1. The van der Waals surface area contributed by atoms with Crippen molar-refractivity contribution in [2.45, 2.75) is 6.61 Å². The summed E-state index contributed by atoms with van der Waals surface area (Å²) in [5, 5.41) is 0. The van der Waals surface area contributed by atoms with Gasteiger partial charge in [0.05, 0.1) is 12.8 Å². The summed E-state index contributed by atoms with van der Waals surface area (Å²) in [7, 11) is 1.60. The van der Waals surface area contributed by atoms with Crippen molar-refractivity contribution in [2.75, 3.05) is 7.11 Å².